The van der Waals surface area contributed by atoms with Crippen LogP contribution in [0.5, 0.6) is 0 Å². The fourth-order valence-electron chi connectivity index (χ4n) is 4.17. The number of hydroxylamine groups is 1. The number of aryl methyl sites for hydroxylation is 1. The summed E-state index contributed by atoms with van der Waals surface area (Å²) >= 11 is 0. The van der Waals surface area contributed by atoms with Crippen LogP contribution in [0.3, 0.4) is 0 Å². The quantitative estimate of drug-likeness (QED) is 0.336. The molecule has 38 heavy (non-hydrogen) atoms. The van der Waals surface area contributed by atoms with Crippen molar-refractivity contribution in [2.45, 2.75) is 38.9 Å². The molecule has 1 fully saturated rings. The minimum absolute atomic E-state index is 0.123. The maximum Gasteiger partial charge on any atom is 0.416 e. The molecule has 0 radical (unpaired) electrons. The zero-order chi connectivity index (χ0) is 27.9. The maximum absolute atomic E-state index is 14.3. The van der Waals surface area contributed by atoms with E-state index in [0.29, 0.717) is 11.6 Å². The third-order valence-electron chi connectivity index (χ3n) is 6.69. The Bertz CT molecular complexity index is 1150. The third-order valence-corrected chi connectivity index (χ3v) is 6.69. The molecule has 1 aliphatic rings. The third kappa shape index (κ3) is 7.07. The number of carbonyl (C=O) groups is 3. The summed E-state index contributed by atoms with van der Waals surface area (Å²) in [5, 5.41) is 2.57. The molecule has 1 saturated heterocycles. The van der Waals surface area contributed by atoms with Crippen LogP contribution in [0.25, 0.3) is 0 Å². The number of halogens is 4. The lowest BCUT2D eigenvalue weighted by atomic mass is 9.78. The van der Waals surface area contributed by atoms with Crippen molar-refractivity contribution in [3.8, 4) is 0 Å². The molecular weight excluding hydrogens is 508 g/mol. The number of nitrogens with one attached hydrogen (secondary N) is 2. The van der Waals surface area contributed by atoms with Crippen molar-refractivity contribution in [1.82, 2.24) is 15.7 Å². The van der Waals surface area contributed by atoms with E-state index in [1.807, 2.05) is 19.1 Å². The van der Waals surface area contributed by atoms with Crippen LogP contribution in [0.15, 0.2) is 42.5 Å². The summed E-state index contributed by atoms with van der Waals surface area (Å²) in [6.45, 7) is 1.61. The second-order valence-electron chi connectivity index (χ2n) is 9.12. The van der Waals surface area contributed by atoms with Crippen LogP contribution >= 0.6 is 0 Å². The monoisotopic (exact) mass is 538 g/mol. The standard InChI is InChI=1S/C26H30F4N4O4/c1-2-17-3-5-18(6-4-17)23(36)33-38-16-25(9-11-34(12-10-25)22(35)14-31)24(37)32-15-19-7-8-20(13-21(19)27)26(28,29)30/h3-8,13H,2,9-12,14-16,31H2,1H3,(H,32,37)(H,33,36). The highest BCUT2D eigenvalue weighted by atomic mass is 19.4. The second kappa shape index (κ2) is 12.4. The van der Waals surface area contributed by atoms with E-state index in [2.05, 4.69) is 10.8 Å². The molecule has 0 aliphatic carbocycles. The van der Waals surface area contributed by atoms with Gasteiger partial charge in [0.15, 0.2) is 0 Å². The number of hydrogen-bond acceptors (Lipinski definition) is 5. The number of piperidine rings is 1. The second-order valence-corrected chi connectivity index (χ2v) is 9.12. The molecule has 2 aromatic rings. The number of carbonyl (C=O) groups excluding carboxylic acids is 3. The highest BCUT2D eigenvalue weighted by Crippen LogP contribution is 2.33. The summed E-state index contributed by atoms with van der Waals surface area (Å²) in [6, 6.07) is 9.00. The van der Waals surface area contributed by atoms with Gasteiger partial charge in [0.05, 0.1) is 24.1 Å². The first-order valence-corrected chi connectivity index (χ1v) is 12.1. The Labute approximate surface area is 217 Å². The van der Waals surface area contributed by atoms with Gasteiger partial charge < -0.3 is 16.0 Å². The van der Waals surface area contributed by atoms with Crippen LogP contribution in [-0.2, 0) is 33.6 Å². The zero-order valence-electron chi connectivity index (χ0n) is 20.9. The highest BCUT2D eigenvalue weighted by Gasteiger charge is 2.43. The van der Waals surface area contributed by atoms with E-state index in [1.54, 1.807) is 12.1 Å². The first kappa shape index (κ1) is 29.1. The molecule has 0 unspecified atom stereocenters. The molecule has 1 heterocycles. The molecular formula is C26H30F4N4O4. The van der Waals surface area contributed by atoms with Gasteiger partial charge in [-0.3, -0.25) is 19.2 Å². The van der Waals surface area contributed by atoms with Gasteiger partial charge >= 0.3 is 6.18 Å². The van der Waals surface area contributed by atoms with Crippen molar-refractivity contribution in [3.63, 3.8) is 0 Å². The lowest BCUT2D eigenvalue weighted by molar-refractivity contribution is -0.145. The van der Waals surface area contributed by atoms with Gasteiger partial charge in [0.2, 0.25) is 11.8 Å². The molecule has 4 N–H and O–H groups in total. The number of alkyl halides is 3. The zero-order valence-corrected chi connectivity index (χ0v) is 20.9. The van der Waals surface area contributed by atoms with Gasteiger partial charge in [0, 0.05) is 30.8 Å². The molecule has 206 valence electrons. The van der Waals surface area contributed by atoms with Crippen molar-refractivity contribution < 1.29 is 36.8 Å². The van der Waals surface area contributed by atoms with E-state index >= 15 is 0 Å². The Morgan fingerprint density at radius 3 is 2.29 bits per heavy atom. The number of rotatable bonds is 9. The lowest BCUT2D eigenvalue weighted by Crippen LogP contribution is -2.53. The fourth-order valence-corrected chi connectivity index (χ4v) is 4.17. The van der Waals surface area contributed by atoms with Crippen LogP contribution in [-0.4, -0.2) is 48.9 Å². The molecule has 2 aromatic carbocycles. The molecule has 0 atom stereocenters. The Kier molecular flexibility index (Phi) is 9.45. The molecule has 0 aromatic heterocycles. The van der Waals surface area contributed by atoms with Gasteiger partial charge in [-0.1, -0.05) is 25.1 Å². The Morgan fingerprint density at radius 1 is 1.08 bits per heavy atom. The van der Waals surface area contributed by atoms with E-state index < -0.39 is 34.8 Å². The summed E-state index contributed by atoms with van der Waals surface area (Å²) in [5.41, 5.74) is 6.73. The number of amides is 3. The average molecular weight is 539 g/mol. The normalized spacial score (nSPS) is 15.2. The van der Waals surface area contributed by atoms with E-state index in [4.69, 9.17) is 10.6 Å². The SMILES string of the molecule is CCc1ccc(C(=O)NOCC2(C(=O)NCc3ccc(C(F)(F)F)cc3F)CCN(C(=O)CN)CC2)cc1. The highest BCUT2D eigenvalue weighted by molar-refractivity contribution is 5.93. The topological polar surface area (TPSA) is 114 Å². The summed E-state index contributed by atoms with van der Waals surface area (Å²) in [6.07, 6.45) is -3.54. The number of benzene rings is 2. The van der Waals surface area contributed by atoms with Crippen LogP contribution < -0.4 is 16.5 Å². The minimum Gasteiger partial charge on any atom is -0.351 e. The van der Waals surface area contributed by atoms with Gasteiger partial charge in [0.1, 0.15) is 5.82 Å². The summed E-state index contributed by atoms with van der Waals surface area (Å²) in [5.74, 6) is -2.44. The van der Waals surface area contributed by atoms with Crippen molar-refractivity contribution in [2.75, 3.05) is 26.2 Å². The molecule has 8 nitrogen and oxygen atoms in total. The van der Waals surface area contributed by atoms with Crippen molar-refractivity contribution in [3.05, 3.63) is 70.5 Å². The fraction of sp³-hybridized carbons (Fsp3) is 0.423. The van der Waals surface area contributed by atoms with Gasteiger partial charge in [-0.2, -0.15) is 13.2 Å². The maximum atomic E-state index is 14.3. The molecule has 0 bridgehead atoms. The predicted octanol–water partition coefficient (Wildman–Crippen LogP) is 2.95. The van der Waals surface area contributed by atoms with Crippen molar-refractivity contribution >= 4 is 17.7 Å². The first-order valence-electron chi connectivity index (χ1n) is 12.1. The van der Waals surface area contributed by atoms with Crippen molar-refractivity contribution in [1.29, 1.82) is 0 Å². The summed E-state index contributed by atoms with van der Waals surface area (Å²) in [4.78, 5) is 44.7. The molecule has 12 heteroatoms. The minimum atomic E-state index is -4.69. The molecule has 3 amide bonds. The summed E-state index contributed by atoms with van der Waals surface area (Å²) < 4.78 is 52.7. The van der Waals surface area contributed by atoms with Gasteiger partial charge in [-0.05, 0) is 49.1 Å². The van der Waals surface area contributed by atoms with Gasteiger partial charge in [-0.15, -0.1) is 0 Å². The van der Waals surface area contributed by atoms with E-state index in [-0.39, 0.29) is 57.1 Å². The largest absolute Gasteiger partial charge is 0.416 e. The van der Waals surface area contributed by atoms with Crippen molar-refractivity contribution in [2.24, 2.45) is 11.1 Å². The molecule has 3 rings (SSSR count). The van der Waals surface area contributed by atoms with E-state index in [1.165, 1.54) is 4.90 Å². The van der Waals surface area contributed by atoms with Crippen LogP contribution in [0.1, 0.15) is 46.8 Å². The molecule has 0 saturated carbocycles. The number of hydrogen-bond donors (Lipinski definition) is 3. The number of nitrogens with two attached hydrogens (primary N) is 1. The smallest absolute Gasteiger partial charge is 0.351 e. The van der Waals surface area contributed by atoms with Crippen LogP contribution in [0, 0.1) is 11.2 Å². The predicted molar refractivity (Wildman–Crippen MR) is 130 cm³/mol. The van der Waals surface area contributed by atoms with Gasteiger partial charge in [-0.25, -0.2) is 9.87 Å². The Hall–Kier alpha value is -3.51. The van der Waals surface area contributed by atoms with Gasteiger partial charge in [0.25, 0.3) is 5.91 Å². The van der Waals surface area contributed by atoms with E-state index in [0.717, 1.165) is 24.1 Å². The average Bonchev–Trinajstić information content (AvgIpc) is 2.91. The Morgan fingerprint density at radius 2 is 1.74 bits per heavy atom. The van der Waals surface area contributed by atoms with Crippen LogP contribution in [0.2, 0.25) is 0 Å². The van der Waals surface area contributed by atoms with E-state index in [9.17, 15) is 31.9 Å². The summed E-state index contributed by atoms with van der Waals surface area (Å²) in [7, 11) is 0. The van der Waals surface area contributed by atoms with Crippen LogP contribution in [0.4, 0.5) is 17.6 Å². The Balaban J connectivity index is 1.68. The molecule has 0 spiro atoms. The number of likely N-dealkylation sites (tertiary alicyclic amines) is 1. The molecule has 1 aliphatic heterocycles. The lowest BCUT2D eigenvalue weighted by Gasteiger charge is -2.40. The number of nitrogens with zero attached hydrogens (tertiary/aromatic N) is 1. The first-order chi connectivity index (χ1) is 18.0.